The highest BCUT2D eigenvalue weighted by Gasteiger charge is 2.39. The Morgan fingerprint density at radius 2 is 2.10 bits per heavy atom. The molecule has 0 atom stereocenters. The molecule has 2 rings (SSSR count). The molecular formula is C14H21ClN4O. The predicted molar refractivity (Wildman–Crippen MR) is 80.2 cm³/mol. The van der Waals surface area contributed by atoms with Gasteiger partial charge in [0.25, 0.3) is 0 Å². The van der Waals surface area contributed by atoms with Gasteiger partial charge in [-0.3, -0.25) is 4.79 Å². The number of anilines is 1. The number of hydrogen-bond acceptors (Lipinski definition) is 4. The molecule has 1 aromatic rings. The Labute approximate surface area is 124 Å². The smallest absolute Gasteiger partial charge is 0.245 e. The molecule has 110 valence electrons. The monoisotopic (exact) mass is 296 g/mol. The number of aryl methyl sites for hydroxylation is 1. The van der Waals surface area contributed by atoms with Crippen molar-refractivity contribution in [2.45, 2.75) is 46.1 Å². The zero-order valence-corrected chi connectivity index (χ0v) is 13.2. The molecule has 0 aliphatic carbocycles. The molecule has 0 bridgehead atoms. The fraction of sp³-hybridized carbons (Fsp3) is 0.643. The molecule has 5 nitrogen and oxygen atoms in total. The van der Waals surface area contributed by atoms with Gasteiger partial charge in [-0.2, -0.15) is 0 Å². The standard InChI is InChI=1S/C14H21ClN4O/c1-5-6-10-17-11(15)9(2)12(18-10)19-8-7-16-13(20)14(19,3)4/h5-8H2,1-4H3,(H,16,20). The van der Waals surface area contributed by atoms with Gasteiger partial charge in [-0.1, -0.05) is 18.5 Å². The predicted octanol–water partition coefficient (Wildman–Crippen LogP) is 2.11. The normalized spacial score (nSPS) is 18.1. The molecule has 1 N–H and O–H groups in total. The maximum atomic E-state index is 12.1. The Morgan fingerprint density at radius 3 is 2.75 bits per heavy atom. The fourth-order valence-corrected chi connectivity index (χ4v) is 2.57. The van der Waals surface area contributed by atoms with Crippen molar-refractivity contribution in [1.29, 1.82) is 0 Å². The molecule has 0 radical (unpaired) electrons. The van der Waals surface area contributed by atoms with E-state index in [1.165, 1.54) is 0 Å². The van der Waals surface area contributed by atoms with Crippen LogP contribution in [0.1, 0.15) is 38.6 Å². The van der Waals surface area contributed by atoms with Crippen molar-refractivity contribution in [2.75, 3.05) is 18.0 Å². The number of amides is 1. The third kappa shape index (κ3) is 2.59. The van der Waals surface area contributed by atoms with E-state index in [-0.39, 0.29) is 5.91 Å². The first-order valence-corrected chi connectivity index (χ1v) is 7.34. The lowest BCUT2D eigenvalue weighted by Crippen LogP contribution is -2.62. The Kier molecular flexibility index (Phi) is 4.18. The van der Waals surface area contributed by atoms with Crippen LogP contribution >= 0.6 is 11.6 Å². The van der Waals surface area contributed by atoms with Gasteiger partial charge in [0.1, 0.15) is 22.3 Å². The first-order valence-electron chi connectivity index (χ1n) is 6.97. The number of nitrogens with one attached hydrogen (secondary N) is 1. The minimum atomic E-state index is -0.635. The highest BCUT2D eigenvalue weighted by Crippen LogP contribution is 2.30. The van der Waals surface area contributed by atoms with Crippen molar-refractivity contribution < 1.29 is 4.79 Å². The van der Waals surface area contributed by atoms with E-state index in [1.54, 1.807) is 0 Å². The summed E-state index contributed by atoms with van der Waals surface area (Å²) in [5, 5.41) is 3.36. The molecular weight excluding hydrogens is 276 g/mol. The lowest BCUT2D eigenvalue weighted by molar-refractivity contribution is -0.126. The van der Waals surface area contributed by atoms with Gasteiger partial charge in [-0.15, -0.1) is 0 Å². The molecule has 0 aromatic carbocycles. The summed E-state index contributed by atoms with van der Waals surface area (Å²) in [4.78, 5) is 23.0. The van der Waals surface area contributed by atoms with E-state index in [1.807, 2.05) is 25.7 Å². The van der Waals surface area contributed by atoms with Crippen LogP contribution in [0.4, 0.5) is 5.82 Å². The van der Waals surface area contributed by atoms with Crippen LogP contribution < -0.4 is 10.2 Å². The highest BCUT2D eigenvalue weighted by molar-refractivity contribution is 6.30. The summed E-state index contributed by atoms with van der Waals surface area (Å²) in [5.41, 5.74) is 0.193. The van der Waals surface area contributed by atoms with E-state index in [2.05, 4.69) is 22.2 Å². The minimum Gasteiger partial charge on any atom is -0.352 e. The van der Waals surface area contributed by atoms with E-state index in [0.29, 0.717) is 11.7 Å². The number of carbonyl (C=O) groups is 1. The summed E-state index contributed by atoms with van der Waals surface area (Å²) < 4.78 is 0. The number of carbonyl (C=O) groups excluding carboxylic acids is 1. The van der Waals surface area contributed by atoms with Crippen molar-refractivity contribution in [3.05, 3.63) is 16.5 Å². The van der Waals surface area contributed by atoms with E-state index in [9.17, 15) is 4.79 Å². The van der Waals surface area contributed by atoms with E-state index >= 15 is 0 Å². The van der Waals surface area contributed by atoms with Crippen molar-refractivity contribution in [2.24, 2.45) is 0 Å². The molecule has 2 heterocycles. The summed E-state index contributed by atoms with van der Waals surface area (Å²) in [5.74, 6) is 1.52. The fourth-order valence-electron chi connectivity index (χ4n) is 2.39. The van der Waals surface area contributed by atoms with Crippen LogP contribution in [0.25, 0.3) is 0 Å². The largest absolute Gasteiger partial charge is 0.352 e. The maximum absolute atomic E-state index is 12.1. The first kappa shape index (κ1) is 15.0. The second-order valence-electron chi connectivity index (χ2n) is 5.60. The molecule has 1 amide bonds. The van der Waals surface area contributed by atoms with Crippen LogP contribution in [-0.2, 0) is 11.2 Å². The second-order valence-corrected chi connectivity index (χ2v) is 5.95. The van der Waals surface area contributed by atoms with Gasteiger partial charge in [0, 0.05) is 25.1 Å². The number of aromatic nitrogens is 2. The number of rotatable bonds is 3. The van der Waals surface area contributed by atoms with Gasteiger partial charge < -0.3 is 10.2 Å². The Hall–Kier alpha value is -1.36. The lowest BCUT2D eigenvalue weighted by Gasteiger charge is -2.42. The van der Waals surface area contributed by atoms with Crippen LogP contribution in [0.3, 0.4) is 0 Å². The van der Waals surface area contributed by atoms with Crippen LogP contribution in [-0.4, -0.2) is 34.5 Å². The Morgan fingerprint density at radius 1 is 1.40 bits per heavy atom. The molecule has 1 fully saturated rings. The lowest BCUT2D eigenvalue weighted by atomic mass is 9.98. The topological polar surface area (TPSA) is 58.1 Å². The van der Waals surface area contributed by atoms with Crippen LogP contribution in [0, 0.1) is 6.92 Å². The summed E-state index contributed by atoms with van der Waals surface area (Å²) in [7, 11) is 0. The molecule has 1 saturated heterocycles. The minimum absolute atomic E-state index is 0.00919. The third-order valence-corrected chi connectivity index (χ3v) is 4.06. The van der Waals surface area contributed by atoms with Crippen molar-refractivity contribution in [3.63, 3.8) is 0 Å². The van der Waals surface area contributed by atoms with Gasteiger partial charge >= 0.3 is 0 Å². The van der Waals surface area contributed by atoms with E-state index in [4.69, 9.17) is 11.6 Å². The van der Waals surface area contributed by atoms with E-state index < -0.39 is 5.54 Å². The zero-order valence-electron chi connectivity index (χ0n) is 12.5. The maximum Gasteiger partial charge on any atom is 0.245 e. The number of piperazine rings is 1. The first-order chi connectivity index (χ1) is 9.37. The van der Waals surface area contributed by atoms with Gasteiger partial charge in [-0.25, -0.2) is 9.97 Å². The quantitative estimate of drug-likeness (QED) is 0.868. The molecule has 20 heavy (non-hydrogen) atoms. The molecule has 1 aliphatic heterocycles. The molecule has 6 heteroatoms. The summed E-state index contributed by atoms with van der Waals surface area (Å²) in [6.45, 7) is 9.11. The molecule has 0 saturated carbocycles. The molecule has 1 aromatic heterocycles. The zero-order chi connectivity index (χ0) is 14.9. The van der Waals surface area contributed by atoms with Gasteiger partial charge in [0.15, 0.2) is 0 Å². The average Bonchev–Trinajstić information content (AvgIpc) is 2.38. The number of halogens is 1. The number of nitrogens with zero attached hydrogens (tertiary/aromatic N) is 3. The van der Waals surface area contributed by atoms with Crippen molar-refractivity contribution in [3.8, 4) is 0 Å². The van der Waals surface area contributed by atoms with Gasteiger partial charge in [0.2, 0.25) is 5.91 Å². The SMILES string of the molecule is CCCc1nc(Cl)c(C)c(N2CCNC(=O)C2(C)C)n1. The average molecular weight is 297 g/mol. The Bertz CT molecular complexity index is 530. The van der Waals surface area contributed by atoms with Crippen molar-refractivity contribution in [1.82, 2.24) is 15.3 Å². The van der Waals surface area contributed by atoms with Gasteiger partial charge in [-0.05, 0) is 27.2 Å². The van der Waals surface area contributed by atoms with Gasteiger partial charge in [0.05, 0.1) is 0 Å². The van der Waals surface area contributed by atoms with Crippen LogP contribution in [0.15, 0.2) is 0 Å². The molecule has 0 spiro atoms. The summed E-state index contributed by atoms with van der Waals surface area (Å²) in [6, 6.07) is 0. The van der Waals surface area contributed by atoms with Crippen LogP contribution in [0.2, 0.25) is 5.15 Å². The molecule has 0 unspecified atom stereocenters. The Balaban J connectivity index is 2.47. The van der Waals surface area contributed by atoms with Crippen molar-refractivity contribution >= 4 is 23.3 Å². The van der Waals surface area contributed by atoms with E-state index in [0.717, 1.165) is 36.6 Å². The summed E-state index contributed by atoms with van der Waals surface area (Å²) in [6.07, 6.45) is 1.75. The second kappa shape index (κ2) is 5.56. The molecule has 1 aliphatic rings. The number of hydrogen-bond donors (Lipinski definition) is 1. The summed E-state index contributed by atoms with van der Waals surface area (Å²) >= 11 is 6.23. The van der Waals surface area contributed by atoms with Crippen LogP contribution in [0.5, 0.6) is 0 Å². The highest BCUT2D eigenvalue weighted by atomic mass is 35.5. The third-order valence-electron chi connectivity index (χ3n) is 3.69.